The predicted octanol–water partition coefficient (Wildman–Crippen LogP) is 5.49. The maximum atomic E-state index is 6.30. The zero-order valence-corrected chi connectivity index (χ0v) is 18.3. The van der Waals surface area contributed by atoms with Gasteiger partial charge in [0, 0.05) is 42.6 Å². The highest BCUT2D eigenvalue weighted by atomic mass is 35.5. The molecule has 5 nitrogen and oxygen atoms in total. The van der Waals surface area contributed by atoms with Crippen molar-refractivity contribution in [2.75, 3.05) is 19.0 Å². The monoisotopic (exact) mass is 448 g/mol. The number of hydrogen-bond donors (Lipinski definition) is 1. The number of thiocarbonyl (C=S) groups is 1. The summed E-state index contributed by atoms with van der Waals surface area (Å²) in [5.74, 6) is 0.833. The van der Waals surface area contributed by atoms with Crippen LogP contribution in [-0.4, -0.2) is 33.2 Å². The van der Waals surface area contributed by atoms with E-state index in [1.807, 2.05) is 47.4 Å². The van der Waals surface area contributed by atoms with Gasteiger partial charge in [0.15, 0.2) is 5.11 Å². The Morgan fingerprint density at radius 1 is 1.24 bits per heavy atom. The lowest BCUT2D eigenvalue weighted by Crippen LogP contribution is -2.35. The van der Waals surface area contributed by atoms with Gasteiger partial charge in [-0.15, -0.1) is 0 Å². The molecule has 3 aromatic rings. The number of imidazole rings is 1. The third kappa shape index (κ3) is 6.10. The molecule has 3 rings (SSSR count). The molecule has 1 heterocycles. The van der Waals surface area contributed by atoms with E-state index in [2.05, 4.69) is 15.2 Å². The van der Waals surface area contributed by atoms with Gasteiger partial charge in [-0.3, -0.25) is 0 Å². The van der Waals surface area contributed by atoms with Crippen LogP contribution < -0.4 is 10.1 Å². The fourth-order valence-corrected chi connectivity index (χ4v) is 3.66. The van der Waals surface area contributed by atoms with Gasteiger partial charge >= 0.3 is 0 Å². The summed E-state index contributed by atoms with van der Waals surface area (Å²) in [5, 5.41) is 4.94. The first-order valence-corrected chi connectivity index (χ1v) is 10.3. The molecule has 0 radical (unpaired) electrons. The van der Waals surface area contributed by atoms with Gasteiger partial charge in [-0.1, -0.05) is 41.4 Å². The molecule has 0 unspecified atom stereocenters. The van der Waals surface area contributed by atoms with Crippen molar-refractivity contribution in [2.45, 2.75) is 19.5 Å². The first kappa shape index (κ1) is 21.4. The predicted molar refractivity (Wildman–Crippen MR) is 123 cm³/mol. The van der Waals surface area contributed by atoms with Crippen molar-refractivity contribution in [1.29, 1.82) is 0 Å². The number of anilines is 1. The molecule has 1 aromatic heterocycles. The quantitative estimate of drug-likeness (QED) is 0.461. The molecule has 0 fully saturated rings. The molecule has 0 amide bonds. The fourth-order valence-electron chi connectivity index (χ4n) is 2.94. The second kappa shape index (κ2) is 10.5. The molecule has 1 N–H and O–H groups in total. The van der Waals surface area contributed by atoms with Gasteiger partial charge in [-0.25, -0.2) is 4.98 Å². The van der Waals surface area contributed by atoms with Crippen LogP contribution in [0, 0.1) is 0 Å². The summed E-state index contributed by atoms with van der Waals surface area (Å²) in [7, 11) is 1.67. The molecule has 0 atom stereocenters. The maximum absolute atomic E-state index is 6.30. The molecule has 0 aliphatic carbocycles. The number of aryl methyl sites for hydroxylation is 1. The highest BCUT2D eigenvalue weighted by Gasteiger charge is 2.14. The summed E-state index contributed by atoms with van der Waals surface area (Å²) in [5.41, 5.74) is 1.78. The highest BCUT2D eigenvalue weighted by Crippen LogP contribution is 2.26. The van der Waals surface area contributed by atoms with Crippen molar-refractivity contribution in [1.82, 2.24) is 14.5 Å². The fraction of sp³-hybridized carbons (Fsp3) is 0.238. The normalized spacial score (nSPS) is 10.6. The van der Waals surface area contributed by atoms with E-state index in [0.29, 0.717) is 21.7 Å². The van der Waals surface area contributed by atoms with Crippen LogP contribution in [0.25, 0.3) is 0 Å². The van der Waals surface area contributed by atoms with Crippen LogP contribution in [0.5, 0.6) is 5.75 Å². The van der Waals surface area contributed by atoms with Gasteiger partial charge in [0.1, 0.15) is 5.75 Å². The lowest BCUT2D eigenvalue weighted by molar-refractivity contribution is 0.372. The number of methoxy groups -OCH3 is 1. The van der Waals surface area contributed by atoms with Crippen LogP contribution in [0.1, 0.15) is 12.0 Å². The van der Waals surface area contributed by atoms with Crippen molar-refractivity contribution in [3.8, 4) is 5.75 Å². The van der Waals surface area contributed by atoms with Crippen molar-refractivity contribution >= 4 is 46.2 Å². The summed E-state index contributed by atoms with van der Waals surface area (Å²) in [4.78, 5) is 6.19. The molecule has 152 valence electrons. The van der Waals surface area contributed by atoms with Crippen molar-refractivity contribution in [2.24, 2.45) is 0 Å². The average Bonchev–Trinajstić information content (AvgIpc) is 3.23. The first-order chi connectivity index (χ1) is 14.1. The average molecular weight is 449 g/mol. The molecule has 0 spiro atoms. The van der Waals surface area contributed by atoms with Gasteiger partial charge in [0.25, 0.3) is 0 Å². The van der Waals surface area contributed by atoms with Crippen molar-refractivity contribution in [3.05, 3.63) is 76.8 Å². The molecule has 0 saturated carbocycles. The second-order valence-corrected chi connectivity index (χ2v) is 7.67. The van der Waals surface area contributed by atoms with Crippen LogP contribution >= 0.6 is 35.4 Å². The third-order valence-electron chi connectivity index (χ3n) is 4.42. The Labute approximate surface area is 186 Å². The molecular formula is C21H22Cl2N4OS. The Morgan fingerprint density at radius 3 is 2.79 bits per heavy atom. The number of nitrogens with zero attached hydrogens (tertiary/aromatic N) is 3. The smallest absolute Gasteiger partial charge is 0.173 e. The largest absolute Gasteiger partial charge is 0.496 e. The van der Waals surface area contributed by atoms with Crippen LogP contribution in [0.2, 0.25) is 10.0 Å². The van der Waals surface area contributed by atoms with Crippen LogP contribution in [0.3, 0.4) is 0 Å². The molecule has 29 heavy (non-hydrogen) atoms. The number of para-hydroxylation sites is 1. The second-order valence-electron chi connectivity index (χ2n) is 6.44. The highest BCUT2D eigenvalue weighted by molar-refractivity contribution is 7.80. The molecule has 2 aromatic carbocycles. The minimum absolute atomic E-state index is 0.524. The topological polar surface area (TPSA) is 42.3 Å². The van der Waals surface area contributed by atoms with Crippen LogP contribution in [0.4, 0.5) is 5.69 Å². The Hall–Kier alpha value is -2.28. The number of ether oxygens (including phenoxy) is 1. The van der Waals surface area contributed by atoms with E-state index in [0.717, 1.165) is 36.5 Å². The molecule has 0 aliphatic rings. The van der Waals surface area contributed by atoms with Crippen molar-refractivity contribution in [3.63, 3.8) is 0 Å². The zero-order valence-electron chi connectivity index (χ0n) is 16.0. The van der Waals surface area contributed by atoms with Crippen LogP contribution in [-0.2, 0) is 13.1 Å². The summed E-state index contributed by atoms with van der Waals surface area (Å²) < 4.78 is 7.55. The molecule has 0 bridgehead atoms. The standard InChI is InChI=1S/C21H22Cl2N4OS/c1-28-20-6-3-2-5-16(20)14-27(11-4-10-26-12-9-24-15-26)21(29)25-19-8-7-17(22)13-18(19)23/h2-3,5-9,12-13,15H,4,10-11,14H2,1H3,(H,25,29). The van der Waals surface area contributed by atoms with E-state index in [1.54, 1.807) is 25.4 Å². The van der Waals surface area contributed by atoms with Gasteiger partial charge < -0.3 is 19.5 Å². The summed E-state index contributed by atoms with van der Waals surface area (Å²) >= 11 is 18.0. The summed E-state index contributed by atoms with van der Waals surface area (Å²) in [6.45, 7) is 2.23. The first-order valence-electron chi connectivity index (χ1n) is 9.15. The molecular weight excluding hydrogens is 427 g/mol. The van der Waals surface area contributed by atoms with Crippen LogP contribution in [0.15, 0.2) is 61.2 Å². The van der Waals surface area contributed by atoms with E-state index >= 15 is 0 Å². The summed E-state index contributed by atoms with van der Waals surface area (Å²) in [6.07, 6.45) is 6.45. The number of nitrogens with one attached hydrogen (secondary N) is 1. The minimum Gasteiger partial charge on any atom is -0.496 e. The lowest BCUT2D eigenvalue weighted by atomic mass is 10.2. The van der Waals surface area contributed by atoms with Gasteiger partial charge in [-0.05, 0) is 42.9 Å². The number of halogens is 2. The van der Waals surface area contributed by atoms with Gasteiger partial charge in [0.2, 0.25) is 0 Å². The molecule has 8 heteroatoms. The number of hydrogen-bond acceptors (Lipinski definition) is 3. The summed E-state index contributed by atoms with van der Waals surface area (Å²) in [6, 6.07) is 13.2. The van der Waals surface area contributed by atoms with E-state index < -0.39 is 0 Å². The Bertz CT molecular complexity index is 950. The zero-order chi connectivity index (χ0) is 20.6. The Balaban J connectivity index is 1.73. The molecule has 0 aliphatic heterocycles. The number of benzene rings is 2. The van der Waals surface area contributed by atoms with Gasteiger partial charge in [0.05, 0.1) is 24.1 Å². The molecule has 0 saturated heterocycles. The SMILES string of the molecule is COc1ccccc1CN(CCCn1ccnc1)C(=S)Nc1ccc(Cl)cc1Cl. The number of rotatable bonds is 8. The minimum atomic E-state index is 0.524. The van der Waals surface area contributed by atoms with E-state index in [9.17, 15) is 0 Å². The van der Waals surface area contributed by atoms with E-state index in [4.69, 9.17) is 40.2 Å². The maximum Gasteiger partial charge on any atom is 0.173 e. The van der Waals surface area contributed by atoms with E-state index in [1.165, 1.54) is 0 Å². The lowest BCUT2D eigenvalue weighted by Gasteiger charge is -2.27. The Kier molecular flexibility index (Phi) is 7.75. The third-order valence-corrected chi connectivity index (χ3v) is 5.33. The van der Waals surface area contributed by atoms with E-state index in [-0.39, 0.29) is 0 Å². The number of aromatic nitrogens is 2. The Morgan fingerprint density at radius 2 is 2.07 bits per heavy atom. The van der Waals surface area contributed by atoms with Gasteiger partial charge in [-0.2, -0.15) is 0 Å². The van der Waals surface area contributed by atoms with Crippen molar-refractivity contribution < 1.29 is 4.74 Å².